The van der Waals surface area contributed by atoms with Crippen molar-refractivity contribution < 1.29 is 0 Å². The number of benzene rings is 8. The summed E-state index contributed by atoms with van der Waals surface area (Å²) in [5.74, 6) is 0. The van der Waals surface area contributed by atoms with Gasteiger partial charge < -0.3 is 14.7 Å². The minimum Gasteiger partial charge on any atom is -0.334 e. The van der Waals surface area contributed by atoms with E-state index < -0.39 is 0 Å². The molecule has 3 nitrogen and oxygen atoms in total. The Morgan fingerprint density at radius 2 is 0.864 bits per heavy atom. The summed E-state index contributed by atoms with van der Waals surface area (Å²) in [5.41, 5.74) is 22.7. The lowest BCUT2D eigenvalue weighted by Crippen LogP contribution is -2.62. The van der Waals surface area contributed by atoms with E-state index in [1.807, 2.05) is 0 Å². The highest BCUT2D eigenvalue weighted by Gasteiger charge is 2.63. The normalized spacial score (nSPS) is 19.1. The summed E-state index contributed by atoms with van der Waals surface area (Å²) in [6, 6.07) is 69.3. The van der Waals surface area contributed by atoms with Gasteiger partial charge in [0.15, 0.2) is 0 Å². The fourth-order valence-corrected chi connectivity index (χ4v) is 12.1. The number of para-hydroxylation sites is 3. The zero-order chi connectivity index (χ0) is 45.3. The number of anilines is 8. The molecule has 3 aliphatic heterocycles. The largest absolute Gasteiger partial charge is 0.334 e. The van der Waals surface area contributed by atoms with Crippen molar-refractivity contribution in [2.45, 2.75) is 90.0 Å². The summed E-state index contributed by atoms with van der Waals surface area (Å²) in [5, 5.41) is 0. The van der Waals surface area contributed by atoms with Gasteiger partial charge in [-0.3, -0.25) is 0 Å². The van der Waals surface area contributed by atoms with Gasteiger partial charge in [0, 0.05) is 50.7 Å². The van der Waals surface area contributed by atoms with Gasteiger partial charge >= 0.3 is 0 Å². The Bertz CT molecular complexity index is 3060. The van der Waals surface area contributed by atoms with E-state index in [1.54, 1.807) is 0 Å². The van der Waals surface area contributed by atoms with Crippen LogP contribution in [0.25, 0.3) is 22.3 Å². The van der Waals surface area contributed by atoms with Crippen LogP contribution in [-0.2, 0) is 16.2 Å². The van der Waals surface area contributed by atoms with Gasteiger partial charge in [-0.25, -0.2) is 0 Å². The maximum absolute atomic E-state index is 2.73. The molecule has 12 rings (SSSR count). The maximum atomic E-state index is 2.73. The molecule has 8 aromatic carbocycles. The van der Waals surface area contributed by atoms with Crippen molar-refractivity contribution in [1.29, 1.82) is 0 Å². The van der Waals surface area contributed by atoms with Crippen molar-refractivity contribution in [3.63, 3.8) is 0 Å². The van der Waals surface area contributed by atoms with Gasteiger partial charge in [0.2, 0.25) is 0 Å². The first kappa shape index (κ1) is 40.7. The van der Waals surface area contributed by atoms with E-state index in [4.69, 9.17) is 0 Å². The summed E-state index contributed by atoms with van der Waals surface area (Å²) >= 11 is 0. The summed E-state index contributed by atoms with van der Waals surface area (Å²) in [6.45, 7) is 19.0. The van der Waals surface area contributed by atoms with Crippen molar-refractivity contribution >= 4 is 68.6 Å². The van der Waals surface area contributed by atoms with Crippen LogP contribution in [0.3, 0.4) is 0 Å². The molecular weight excluding hydrogens is 798 g/mol. The Balaban J connectivity index is 1.21. The first-order valence-electron chi connectivity index (χ1n) is 24.0. The molecule has 0 aromatic heterocycles. The van der Waals surface area contributed by atoms with Crippen molar-refractivity contribution in [3.8, 4) is 22.3 Å². The van der Waals surface area contributed by atoms with Crippen LogP contribution in [0.1, 0.15) is 84.9 Å². The molecule has 66 heavy (non-hydrogen) atoms. The molecule has 1 aliphatic carbocycles. The van der Waals surface area contributed by atoms with Gasteiger partial charge in [-0.2, -0.15) is 0 Å². The number of hydrogen-bond acceptors (Lipinski definition) is 3. The average Bonchev–Trinajstić information content (AvgIpc) is 3.45. The Kier molecular flexibility index (Phi) is 8.86. The average molecular weight is 856 g/mol. The minimum absolute atomic E-state index is 0.0161. The molecule has 1 fully saturated rings. The zero-order valence-corrected chi connectivity index (χ0v) is 39.7. The molecule has 2 atom stereocenters. The molecule has 0 amide bonds. The van der Waals surface area contributed by atoms with Crippen LogP contribution in [0.5, 0.6) is 0 Å². The molecule has 0 spiro atoms. The van der Waals surface area contributed by atoms with Crippen LogP contribution in [0, 0.1) is 0 Å². The van der Waals surface area contributed by atoms with Gasteiger partial charge in [-0.1, -0.05) is 176 Å². The van der Waals surface area contributed by atoms with E-state index >= 15 is 0 Å². The molecule has 0 N–H and O–H groups in total. The summed E-state index contributed by atoms with van der Waals surface area (Å²) < 4.78 is 0. The van der Waals surface area contributed by atoms with Gasteiger partial charge in [0.1, 0.15) is 0 Å². The lowest BCUT2D eigenvalue weighted by molar-refractivity contribution is 0.133. The lowest BCUT2D eigenvalue weighted by atomic mass is 9.33. The van der Waals surface area contributed by atoms with Crippen LogP contribution < -0.4 is 31.1 Å². The fraction of sp³-hybridized carbons (Fsp3) is 0.226. The van der Waals surface area contributed by atoms with E-state index in [0.29, 0.717) is 0 Å². The van der Waals surface area contributed by atoms with Gasteiger partial charge in [-0.05, 0) is 129 Å². The highest BCUT2D eigenvalue weighted by Crippen LogP contribution is 2.65. The van der Waals surface area contributed by atoms with Crippen LogP contribution in [-0.4, -0.2) is 12.3 Å². The van der Waals surface area contributed by atoms with Crippen molar-refractivity contribution in [1.82, 2.24) is 0 Å². The highest BCUT2D eigenvalue weighted by atomic mass is 15.3. The molecule has 4 aliphatic rings. The highest BCUT2D eigenvalue weighted by molar-refractivity contribution is 7.00. The Hall–Kier alpha value is -6.78. The second-order valence-electron chi connectivity index (χ2n) is 21.8. The third kappa shape index (κ3) is 5.83. The third-order valence-corrected chi connectivity index (χ3v) is 16.0. The van der Waals surface area contributed by atoms with Crippen LogP contribution in [0.2, 0.25) is 0 Å². The van der Waals surface area contributed by atoms with Gasteiger partial charge in [0.25, 0.3) is 6.71 Å². The van der Waals surface area contributed by atoms with E-state index in [0.717, 1.165) is 6.42 Å². The SMILES string of the molecule is CC(C)(C)c1ccc(N2c3ccccc3B3c4ccccc4N(c4ccc(C(C)(C)C)cc4-c4ccccc4)c4cc(N5c6ccccc6C6(C)CCC56C)cc2c43)c(-c2ccccc2)c1. The quantitative estimate of drug-likeness (QED) is 0.160. The van der Waals surface area contributed by atoms with Crippen molar-refractivity contribution in [3.05, 3.63) is 199 Å². The molecule has 0 saturated heterocycles. The van der Waals surface area contributed by atoms with Crippen LogP contribution >= 0.6 is 0 Å². The standard InChI is InChI=1S/C62H58BN3/c1-59(2,3)43-31-33-51(46(37-43)41-21-11-9-12-22-41)64-54-29-19-16-26-49(54)63-50-27-17-20-30-55(50)65(52-34-32-44(60(4,5)6)38-47(52)42-23-13-10-14-24-42)57-40-45(39-56(64)58(57)63)66-53-28-18-15-25-48(53)61(7)35-36-62(61,66)8/h9-34,37-40H,35-36H2,1-8H3. The molecule has 0 bridgehead atoms. The smallest absolute Gasteiger partial charge is 0.252 e. The number of nitrogens with zero attached hydrogens (tertiary/aromatic N) is 3. The van der Waals surface area contributed by atoms with E-state index in [2.05, 4.69) is 252 Å². The number of hydrogen-bond donors (Lipinski definition) is 0. The first-order chi connectivity index (χ1) is 31.8. The molecule has 324 valence electrons. The monoisotopic (exact) mass is 855 g/mol. The van der Waals surface area contributed by atoms with Gasteiger partial charge in [0.05, 0.1) is 16.9 Å². The Morgan fingerprint density at radius 3 is 1.32 bits per heavy atom. The minimum atomic E-state index is -0.0844. The van der Waals surface area contributed by atoms with Crippen molar-refractivity contribution in [2.24, 2.45) is 0 Å². The second kappa shape index (κ2) is 14.4. The van der Waals surface area contributed by atoms with Crippen LogP contribution in [0.4, 0.5) is 45.5 Å². The first-order valence-corrected chi connectivity index (χ1v) is 24.0. The Labute approximate surface area is 392 Å². The molecule has 0 radical (unpaired) electrons. The van der Waals surface area contributed by atoms with E-state index in [1.165, 1.54) is 107 Å². The predicted molar refractivity (Wildman–Crippen MR) is 282 cm³/mol. The second-order valence-corrected chi connectivity index (χ2v) is 21.8. The number of fused-ring (bicyclic) bond motifs is 7. The summed E-state index contributed by atoms with van der Waals surface area (Å²) in [6.07, 6.45) is 2.31. The molecule has 4 heteroatoms. The number of rotatable bonds is 5. The molecule has 2 unspecified atom stereocenters. The van der Waals surface area contributed by atoms with E-state index in [-0.39, 0.29) is 28.5 Å². The summed E-state index contributed by atoms with van der Waals surface area (Å²) in [7, 11) is 0. The van der Waals surface area contributed by atoms with Crippen molar-refractivity contribution in [2.75, 3.05) is 14.7 Å². The molecule has 3 heterocycles. The lowest BCUT2D eigenvalue weighted by Gasteiger charge is -2.56. The van der Waals surface area contributed by atoms with Crippen LogP contribution in [0.15, 0.2) is 182 Å². The molecule has 1 saturated carbocycles. The third-order valence-electron chi connectivity index (χ3n) is 16.0. The summed E-state index contributed by atoms with van der Waals surface area (Å²) in [4.78, 5) is 7.98. The topological polar surface area (TPSA) is 9.72 Å². The molecular formula is C62H58BN3. The van der Waals surface area contributed by atoms with E-state index in [9.17, 15) is 0 Å². The maximum Gasteiger partial charge on any atom is 0.252 e. The fourth-order valence-electron chi connectivity index (χ4n) is 12.1. The molecule has 8 aromatic rings. The predicted octanol–water partition coefficient (Wildman–Crippen LogP) is 14.7. The van der Waals surface area contributed by atoms with Gasteiger partial charge in [-0.15, -0.1) is 0 Å². The zero-order valence-electron chi connectivity index (χ0n) is 39.7. The Morgan fingerprint density at radius 1 is 0.424 bits per heavy atom.